The largest absolute Gasteiger partial charge is 0.444 e. The third kappa shape index (κ3) is 5.29. The van der Waals surface area contributed by atoms with Crippen molar-refractivity contribution in [2.45, 2.75) is 58.1 Å². The summed E-state index contributed by atoms with van der Waals surface area (Å²) in [5.74, 6) is 0. The van der Waals surface area contributed by atoms with Gasteiger partial charge in [0.05, 0.1) is 22.7 Å². The van der Waals surface area contributed by atoms with Gasteiger partial charge < -0.3 is 9.73 Å². The minimum absolute atomic E-state index is 0.0686. The van der Waals surface area contributed by atoms with Crippen LogP contribution in [0.1, 0.15) is 50.4 Å². The fourth-order valence-electron chi connectivity index (χ4n) is 3.17. The normalized spacial score (nSPS) is 13.9. The molecule has 2 heterocycles. The van der Waals surface area contributed by atoms with Crippen LogP contribution in [0.4, 0.5) is 5.69 Å². The van der Waals surface area contributed by atoms with Gasteiger partial charge in [-0.2, -0.15) is 0 Å². The highest BCUT2D eigenvalue weighted by Crippen LogP contribution is 2.31. The topological polar surface area (TPSA) is 84.2 Å². The van der Waals surface area contributed by atoms with E-state index in [1.807, 2.05) is 40.7 Å². The molecule has 2 aromatic heterocycles. The van der Waals surface area contributed by atoms with Crippen molar-refractivity contribution >= 4 is 50.8 Å². The van der Waals surface area contributed by atoms with E-state index in [0.717, 1.165) is 11.1 Å². The summed E-state index contributed by atoms with van der Waals surface area (Å²) in [6.07, 6.45) is 0. The molecule has 2 atom stereocenters. The summed E-state index contributed by atoms with van der Waals surface area (Å²) in [5, 5.41) is 4.41. The molecule has 0 spiro atoms. The van der Waals surface area contributed by atoms with Gasteiger partial charge in [-0.1, -0.05) is 17.7 Å². The Hall–Kier alpha value is -1.93. The Morgan fingerprint density at radius 3 is 2.48 bits per heavy atom. The van der Waals surface area contributed by atoms with Gasteiger partial charge in [0.15, 0.2) is 10.5 Å². The van der Waals surface area contributed by atoms with Crippen molar-refractivity contribution in [2.24, 2.45) is 0 Å². The highest BCUT2D eigenvalue weighted by molar-refractivity contribution is 7.83. The highest BCUT2D eigenvalue weighted by Gasteiger charge is 2.22. The van der Waals surface area contributed by atoms with Crippen molar-refractivity contribution in [2.75, 3.05) is 5.32 Å². The van der Waals surface area contributed by atoms with Gasteiger partial charge in [-0.25, -0.2) is 13.9 Å². The van der Waals surface area contributed by atoms with Crippen LogP contribution in [-0.4, -0.2) is 14.7 Å². The van der Waals surface area contributed by atoms with E-state index in [4.69, 9.17) is 27.6 Å². The van der Waals surface area contributed by atoms with E-state index in [-0.39, 0.29) is 27.4 Å². The fourth-order valence-corrected chi connectivity index (χ4v) is 4.69. The van der Waals surface area contributed by atoms with Gasteiger partial charge in [0, 0.05) is 11.1 Å². The van der Waals surface area contributed by atoms with Crippen molar-refractivity contribution < 1.29 is 8.63 Å². The smallest absolute Gasteiger partial charge is 0.200 e. The SMILES string of the molecule is Cc1cc(C(C)Nc2ccc(Cl)nc2S(=O)NC(C)(C)C)c2oc(Cl)c(C)c(=O)c2c1. The number of fused-ring (bicyclic) bond motifs is 1. The number of rotatable bonds is 5. The lowest BCUT2D eigenvalue weighted by molar-refractivity contribution is 0.518. The predicted molar refractivity (Wildman–Crippen MR) is 128 cm³/mol. The molecule has 0 saturated heterocycles. The standard InChI is InChI=1S/C22H25Cl2N3O3S/c1-11-9-14(19-15(10-11)18(28)12(2)20(24)30-19)13(3)25-16-7-8-17(23)26-21(16)31(29)27-22(4,5)6/h7-10,13,25,27H,1-6H3. The Morgan fingerprint density at radius 1 is 1.16 bits per heavy atom. The van der Waals surface area contributed by atoms with E-state index in [1.165, 1.54) is 0 Å². The van der Waals surface area contributed by atoms with Crippen LogP contribution in [0, 0.1) is 13.8 Å². The molecular formula is C22H25Cl2N3O3S. The number of pyridine rings is 1. The van der Waals surface area contributed by atoms with Crippen LogP contribution in [0.25, 0.3) is 11.0 Å². The molecule has 9 heteroatoms. The fraction of sp³-hybridized carbons (Fsp3) is 0.364. The maximum absolute atomic E-state index is 12.9. The van der Waals surface area contributed by atoms with E-state index in [2.05, 4.69) is 15.0 Å². The summed E-state index contributed by atoms with van der Waals surface area (Å²) in [4.78, 5) is 17.0. The first-order valence-electron chi connectivity index (χ1n) is 9.73. The first-order chi connectivity index (χ1) is 14.4. The van der Waals surface area contributed by atoms with E-state index < -0.39 is 11.0 Å². The minimum atomic E-state index is -1.59. The lowest BCUT2D eigenvalue weighted by Gasteiger charge is -2.22. The molecular weight excluding hydrogens is 457 g/mol. The molecule has 2 unspecified atom stereocenters. The molecule has 0 fully saturated rings. The molecule has 0 amide bonds. The molecule has 0 aliphatic heterocycles. The summed E-state index contributed by atoms with van der Waals surface area (Å²) >= 11 is 12.2. The van der Waals surface area contributed by atoms with Crippen molar-refractivity contribution in [1.29, 1.82) is 0 Å². The zero-order valence-corrected chi connectivity index (χ0v) is 20.6. The summed E-state index contributed by atoms with van der Waals surface area (Å²) in [6.45, 7) is 11.2. The summed E-state index contributed by atoms with van der Waals surface area (Å²) in [5.41, 5.74) is 2.47. The number of nitrogens with zero attached hydrogens (tertiary/aromatic N) is 1. The molecule has 0 bridgehead atoms. The third-order valence-electron chi connectivity index (χ3n) is 4.57. The van der Waals surface area contributed by atoms with Crippen LogP contribution >= 0.6 is 23.2 Å². The van der Waals surface area contributed by atoms with Gasteiger partial charge in [0.1, 0.15) is 21.7 Å². The molecule has 3 aromatic rings. The highest BCUT2D eigenvalue weighted by atomic mass is 35.5. The number of hydrogen-bond donors (Lipinski definition) is 2. The second-order valence-electron chi connectivity index (χ2n) is 8.53. The van der Waals surface area contributed by atoms with Crippen molar-refractivity contribution in [1.82, 2.24) is 9.71 Å². The van der Waals surface area contributed by atoms with Crippen LogP contribution in [0.2, 0.25) is 10.4 Å². The Morgan fingerprint density at radius 2 is 1.84 bits per heavy atom. The number of benzene rings is 1. The van der Waals surface area contributed by atoms with Gasteiger partial charge in [0.2, 0.25) is 5.22 Å². The number of halogens is 2. The van der Waals surface area contributed by atoms with E-state index >= 15 is 0 Å². The third-order valence-corrected chi connectivity index (χ3v) is 6.60. The lowest BCUT2D eigenvalue weighted by Crippen LogP contribution is -2.37. The zero-order valence-electron chi connectivity index (χ0n) is 18.2. The summed E-state index contributed by atoms with van der Waals surface area (Å²) in [6, 6.07) is 6.77. The first-order valence-corrected chi connectivity index (χ1v) is 11.6. The summed E-state index contributed by atoms with van der Waals surface area (Å²) in [7, 11) is -1.59. The molecule has 0 saturated carbocycles. The number of hydrogen-bond acceptors (Lipinski definition) is 5. The van der Waals surface area contributed by atoms with Crippen molar-refractivity contribution in [3.05, 3.63) is 61.6 Å². The lowest BCUT2D eigenvalue weighted by atomic mass is 10.0. The van der Waals surface area contributed by atoms with Crippen LogP contribution in [0.3, 0.4) is 0 Å². The number of anilines is 1. The Kier molecular flexibility index (Phi) is 6.81. The Bertz CT molecular complexity index is 1240. The van der Waals surface area contributed by atoms with E-state index in [1.54, 1.807) is 25.1 Å². The predicted octanol–water partition coefficient (Wildman–Crippen LogP) is 5.70. The maximum atomic E-state index is 12.9. The van der Waals surface area contributed by atoms with E-state index in [0.29, 0.717) is 27.2 Å². The molecule has 166 valence electrons. The van der Waals surface area contributed by atoms with Gasteiger partial charge in [-0.3, -0.25) is 4.79 Å². The average Bonchev–Trinajstić information content (AvgIpc) is 2.66. The molecule has 1 aromatic carbocycles. The average molecular weight is 482 g/mol. The van der Waals surface area contributed by atoms with Gasteiger partial charge in [0.25, 0.3) is 0 Å². The van der Waals surface area contributed by atoms with Gasteiger partial charge in [-0.15, -0.1) is 0 Å². The molecule has 2 N–H and O–H groups in total. The van der Waals surface area contributed by atoms with E-state index in [9.17, 15) is 9.00 Å². The zero-order chi connectivity index (χ0) is 23.1. The Balaban J connectivity index is 2.07. The molecule has 0 aliphatic rings. The Labute approximate surface area is 193 Å². The quantitative estimate of drug-likeness (QED) is 0.456. The molecule has 0 radical (unpaired) electrons. The van der Waals surface area contributed by atoms with Crippen LogP contribution < -0.4 is 15.5 Å². The summed E-state index contributed by atoms with van der Waals surface area (Å²) < 4.78 is 21.7. The maximum Gasteiger partial charge on any atom is 0.200 e. The first kappa shape index (κ1) is 23.7. The number of nitrogens with one attached hydrogen (secondary N) is 2. The second-order valence-corrected chi connectivity index (χ2v) is 10.4. The van der Waals surface area contributed by atoms with Gasteiger partial charge in [-0.05, 0) is 76.9 Å². The monoisotopic (exact) mass is 481 g/mol. The van der Waals surface area contributed by atoms with Gasteiger partial charge >= 0.3 is 0 Å². The molecule has 0 aliphatic carbocycles. The minimum Gasteiger partial charge on any atom is -0.444 e. The molecule has 31 heavy (non-hydrogen) atoms. The van der Waals surface area contributed by atoms with Crippen LogP contribution in [0.15, 0.2) is 38.5 Å². The number of aromatic nitrogens is 1. The van der Waals surface area contributed by atoms with Crippen molar-refractivity contribution in [3.8, 4) is 0 Å². The van der Waals surface area contributed by atoms with Crippen molar-refractivity contribution in [3.63, 3.8) is 0 Å². The molecule has 3 rings (SSSR count). The van der Waals surface area contributed by atoms with Crippen LogP contribution in [-0.2, 0) is 11.0 Å². The second kappa shape index (κ2) is 8.90. The number of aryl methyl sites for hydroxylation is 1. The molecule has 6 nitrogen and oxygen atoms in total. The van der Waals surface area contributed by atoms with Crippen LogP contribution in [0.5, 0.6) is 0 Å².